The summed E-state index contributed by atoms with van der Waals surface area (Å²) in [6.07, 6.45) is 4.01. The van der Waals surface area contributed by atoms with Crippen molar-refractivity contribution in [2.45, 2.75) is 0 Å². The molecule has 0 spiro atoms. The van der Waals surface area contributed by atoms with Gasteiger partial charge < -0.3 is 5.11 Å². The third-order valence-corrected chi connectivity index (χ3v) is 2.99. The van der Waals surface area contributed by atoms with Crippen LogP contribution in [0.25, 0.3) is 0 Å². The second-order valence-electron chi connectivity index (χ2n) is 4.09. The van der Waals surface area contributed by atoms with E-state index >= 15 is 0 Å². The Labute approximate surface area is 132 Å². The number of amides is 1. The lowest BCUT2D eigenvalue weighted by Crippen LogP contribution is -2.17. The molecule has 9 heteroatoms. The maximum Gasteiger partial charge on any atom is 0.272 e. The number of phenols is 1. The van der Waals surface area contributed by atoms with Crippen LogP contribution in [-0.4, -0.2) is 27.1 Å². The number of aromatic nitrogens is 1. The van der Waals surface area contributed by atoms with E-state index in [0.29, 0.717) is 4.47 Å². The van der Waals surface area contributed by atoms with Crippen LogP contribution in [0.3, 0.4) is 0 Å². The van der Waals surface area contributed by atoms with Gasteiger partial charge in [-0.2, -0.15) is 5.10 Å². The number of non-ortho nitro benzene ring substituents is 1. The molecule has 22 heavy (non-hydrogen) atoms. The van der Waals surface area contributed by atoms with Gasteiger partial charge in [-0.05, 0) is 28.1 Å². The number of aromatic hydroxyl groups is 1. The van der Waals surface area contributed by atoms with Gasteiger partial charge in [-0.15, -0.1) is 0 Å². The number of halogens is 1. The Kier molecular flexibility index (Phi) is 4.79. The number of nitrogens with one attached hydrogen (secondary N) is 1. The molecule has 0 atom stereocenters. The van der Waals surface area contributed by atoms with Crippen LogP contribution >= 0.6 is 15.9 Å². The highest BCUT2D eigenvalue weighted by atomic mass is 79.9. The highest BCUT2D eigenvalue weighted by Gasteiger charge is 2.09. The number of hydrazone groups is 1. The summed E-state index contributed by atoms with van der Waals surface area (Å²) in [7, 11) is 0. The molecule has 112 valence electrons. The molecule has 2 rings (SSSR count). The van der Waals surface area contributed by atoms with Crippen LogP contribution in [-0.2, 0) is 0 Å². The van der Waals surface area contributed by atoms with Crippen molar-refractivity contribution in [1.82, 2.24) is 10.4 Å². The predicted octanol–water partition coefficient (Wildman–Crippen LogP) is 2.22. The zero-order valence-electron chi connectivity index (χ0n) is 10.9. The second kappa shape index (κ2) is 6.76. The first-order valence-electron chi connectivity index (χ1n) is 5.89. The molecule has 2 N–H and O–H groups in total. The lowest BCUT2D eigenvalue weighted by atomic mass is 10.2. The average molecular weight is 365 g/mol. The van der Waals surface area contributed by atoms with Crippen LogP contribution in [0, 0.1) is 10.1 Å². The number of pyridine rings is 1. The summed E-state index contributed by atoms with van der Waals surface area (Å²) in [5, 5.41) is 23.9. The third-order valence-electron chi connectivity index (χ3n) is 2.56. The Bertz CT molecular complexity index is 763. The molecule has 0 aliphatic rings. The molecular weight excluding hydrogens is 356 g/mol. The topological polar surface area (TPSA) is 118 Å². The Hall–Kier alpha value is -2.81. The molecule has 0 saturated carbocycles. The van der Waals surface area contributed by atoms with Gasteiger partial charge in [-0.3, -0.25) is 19.9 Å². The number of carbonyl (C=O) groups is 1. The third kappa shape index (κ3) is 3.85. The number of nitro benzene ring substituents is 1. The van der Waals surface area contributed by atoms with Crippen molar-refractivity contribution in [2.24, 2.45) is 5.10 Å². The summed E-state index contributed by atoms with van der Waals surface area (Å²) >= 11 is 3.19. The number of rotatable bonds is 4. The Morgan fingerprint density at radius 1 is 1.41 bits per heavy atom. The van der Waals surface area contributed by atoms with Gasteiger partial charge in [0.1, 0.15) is 5.75 Å². The maximum absolute atomic E-state index is 11.8. The smallest absolute Gasteiger partial charge is 0.272 e. The van der Waals surface area contributed by atoms with Crippen molar-refractivity contribution < 1.29 is 14.8 Å². The van der Waals surface area contributed by atoms with Crippen LogP contribution in [0.5, 0.6) is 5.75 Å². The number of nitrogens with zero attached hydrogens (tertiary/aromatic N) is 3. The van der Waals surface area contributed by atoms with Gasteiger partial charge >= 0.3 is 0 Å². The van der Waals surface area contributed by atoms with E-state index in [1.165, 1.54) is 24.5 Å². The number of benzene rings is 1. The molecule has 0 aliphatic heterocycles. The van der Waals surface area contributed by atoms with Crippen LogP contribution < -0.4 is 5.43 Å². The fraction of sp³-hybridized carbons (Fsp3) is 0. The lowest BCUT2D eigenvalue weighted by molar-refractivity contribution is -0.384. The molecule has 2 aromatic rings. The number of phenolic OH excluding ortho intramolecular Hbond substituents is 1. The minimum atomic E-state index is -0.595. The van der Waals surface area contributed by atoms with Crippen LogP contribution in [0.4, 0.5) is 5.69 Å². The first-order chi connectivity index (χ1) is 10.5. The number of hydrogen-bond acceptors (Lipinski definition) is 6. The van der Waals surface area contributed by atoms with E-state index in [9.17, 15) is 20.0 Å². The van der Waals surface area contributed by atoms with E-state index < -0.39 is 10.8 Å². The molecule has 0 fully saturated rings. The lowest BCUT2D eigenvalue weighted by Gasteiger charge is -2.01. The molecule has 0 radical (unpaired) electrons. The van der Waals surface area contributed by atoms with Gasteiger partial charge in [0.15, 0.2) is 0 Å². The number of carbonyl (C=O) groups excluding carboxylic acids is 1. The van der Waals surface area contributed by atoms with Gasteiger partial charge in [0, 0.05) is 34.6 Å². The molecule has 0 aliphatic carbocycles. The van der Waals surface area contributed by atoms with Crippen LogP contribution in [0.2, 0.25) is 0 Å². The van der Waals surface area contributed by atoms with E-state index in [4.69, 9.17) is 0 Å². The first-order valence-corrected chi connectivity index (χ1v) is 6.68. The van der Waals surface area contributed by atoms with E-state index in [1.807, 2.05) is 0 Å². The Balaban J connectivity index is 2.11. The predicted molar refractivity (Wildman–Crippen MR) is 81.8 cm³/mol. The van der Waals surface area contributed by atoms with Crippen LogP contribution in [0.1, 0.15) is 15.9 Å². The number of nitro groups is 1. The fourth-order valence-electron chi connectivity index (χ4n) is 1.52. The summed E-state index contributed by atoms with van der Waals surface area (Å²) in [5.41, 5.74) is 2.45. The molecule has 1 aromatic carbocycles. The summed E-state index contributed by atoms with van der Waals surface area (Å²) in [5.74, 6) is -0.692. The molecule has 8 nitrogen and oxygen atoms in total. The quantitative estimate of drug-likeness (QED) is 0.489. The minimum Gasteiger partial charge on any atom is -0.507 e. The summed E-state index contributed by atoms with van der Waals surface area (Å²) in [6, 6.07) is 5.05. The summed E-state index contributed by atoms with van der Waals surface area (Å²) < 4.78 is 0.639. The maximum atomic E-state index is 11.8. The van der Waals surface area contributed by atoms with Crippen molar-refractivity contribution in [3.05, 3.63) is 62.4 Å². The van der Waals surface area contributed by atoms with Gasteiger partial charge in [-0.1, -0.05) is 0 Å². The van der Waals surface area contributed by atoms with Crippen molar-refractivity contribution in [3.63, 3.8) is 0 Å². The summed E-state index contributed by atoms with van der Waals surface area (Å²) in [6.45, 7) is 0. The largest absolute Gasteiger partial charge is 0.507 e. The van der Waals surface area contributed by atoms with E-state index in [1.54, 1.807) is 6.07 Å². The fourth-order valence-corrected chi connectivity index (χ4v) is 1.88. The van der Waals surface area contributed by atoms with Gasteiger partial charge in [-0.25, -0.2) is 5.43 Å². The molecule has 0 saturated heterocycles. The van der Waals surface area contributed by atoms with Gasteiger partial charge in [0.2, 0.25) is 0 Å². The van der Waals surface area contributed by atoms with Crippen molar-refractivity contribution in [2.75, 3.05) is 0 Å². The number of hydrogen-bond donors (Lipinski definition) is 2. The molecule has 1 amide bonds. The normalized spacial score (nSPS) is 10.6. The molecule has 0 unspecified atom stereocenters. The van der Waals surface area contributed by atoms with Gasteiger partial charge in [0.25, 0.3) is 11.6 Å². The zero-order chi connectivity index (χ0) is 16.1. The molecular formula is C13H9BrN4O4. The van der Waals surface area contributed by atoms with Gasteiger partial charge in [0.05, 0.1) is 16.7 Å². The van der Waals surface area contributed by atoms with E-state index in [0.717, 1.165) is 12.3 Å². The van der Waals surface area contributed by atoms with E-state index in [2.05, 4.69) is 31.4 Å². The van der Waals surface area contributed by atoms with Crippen molar-refractivity contribution in [3.8, 4) is 5.75 Å². The summed E-state index contributed by atoms with van der Waals surface area (Å²) in [4.78, 5) is 25.7. The standard InChI is InChI=1S/C13H9BrN4O4/c14-10-3-9(5-15-7-10)13(20)17-16-6-8-4-11(18(21)22)1-2-12(8)19/h1-7,19H,(H,17,20). The monoisotopic (exact) mass is 364 g/mol. The van der Waals surface area contributed by atoms with Crippen LogP contribution in [0.15, 0.2) is 46.2 Å². The van der Waals surface area contributed by atoms with Crippen molar-refractivity contribution >= 4 is 33.7 Å². The van der Waals surface area contributed by atoms with E-state index in [-0.39, 0.29) is 22.6 Å². The average Bonchev–Trinajstić information content (AvgIpc) is 2.48. The molecule has 1 aromatic heterocycles. The molecule has 1 heterocycles. The SMILES string of the molecule is O=C(NN=Cc1cc([N+](=O)[O-])ccc1O)c1cncc(Br)c1. The Morgan fingerprint density at radius 2 is 2.18 bits per heavy atom. The highest BCUT2D eigenvalue weighted by molar-refractivity contribution is 9.10. The first kappa shape index (κ1) is 15.6. The molecule has 0 bridgehead atoms. The van der Waals surface area contributed by atoms with Crippen molar-refractivity contribution in [1.29, 1.82) is 0 Å². The second-order valence-corrected chi connectivity index (χ2v) is 5.01. The Morgan fingerprint density at radius 3 is 2.86 bits per heavy atom. The highest BCUT2D eigenvalue weighted by Crippen LogP contribution is 2.21. The minimum absolute atomic E-state index is 0.113. The zero-order valence-corrected chi connectivity index (χ0v) is 12.5.